The lowest BCUT2D eigenvalue weighted by atomic mass is 9.12. The van der Waals surface area contributed by atoms with Gasteiger partial charge in [0.25, 0.3) is 0 Å². The maximum atomic E-state index is 14.2. The van der Waals surface area contributed by atoms with Gasteiger partial charge in [0.05, 0.1) is 50.6 Å². The molecule has 8 aromatic rings. The van der Waals surface area contributed by atoms with E-state index in [4.69, 9.17) is 4.74 Å². The van der Waals surface area contributed by atoms with E-state index in [9.17, 15) is 110 Å². The van der Waals surface area contributed by atoms with Gasteiger partial charge in [-0.1, -0.05) is 155 Å². The molecule has 0 spiro atoms. The van der Waals surface area contributed by atoms with E-state index in [-0.39, 0.29) is 12.3 Å². The zero-order valence-electron chi connectivity index (χ0n) is 48.1. The smallest absolute Gasteiger partial charge is 0.405 e. The molecule has 0 amide bonds. The summed E-state index contributed by atoms with van der Waals surface area (Å²) in [6.07, 6.45) is -43.0. The van der Waals surface area contributed by atoms with Crippen molar-refractivity contribution in [3.8, 4) is 11.6 Å². The number of aryl methyl sites for hydroxylation is 1. The van der Waals surface area contributed by atoms with Crippen LogP contribution in [0, 0.1) is 0 Å². The molecular weight excluding hydrogens is 1290 g/mol. The Morgan fingerprint density at radius 2 is 0.688 bits per heavy atom. The van der Waals surface area contributed by atoms with Crippen LogP contribution >= 0.6 is 0 Å². The minimum atomic E-state index is -6.13. The van der Waals surface area contributed by atoms with E-state index in [0.717, 1.165) is 23.1 Å². The van der Waals surface area contributed by atoms with Gasteiger partial charge in [-0.15, -0.1) is 0 Å². The first-order valence-electron chi connectivity index (χ1n) is 28.1. The highest BCUT2D eigenvalue weighted by Gasteiger charge is 2.47. The van der Waals surface area contributed by atoms with Crippen LogP contribution in [-0.2, 0) is 62.4 Å². The summed E-state index contributed by atoms with van der Waals surface area (Å²) in [7, 11) is 0. The Balaban J connectivity index is 0.000000291. The van der Waals surface area contributed by atoms with Crippen LogP contribution in [0.5, 0.6) is 11.6 Å². The highest BCUT2D eigenvalue weighted by Crippen LogP contribution is 2.42. The number of para-hydroxylation sites is 1. The van der Waals surface area contributed by atoms with Gasteiger partial charge in [-0.05, 0) is 66.9 Å². The fraction of sp³-hybridized carbons (Fsp3) is 0.292. The number of unbranched alkanes of at least 4 members (excludes halogenated alkanes) is 7. The van der Waals surface area contributed by atoms with E-state index in [1.807, 2.05) is 77.4 Å². The first-order chi connectivity index (χ1) is 43.0. The number of pyridine rings is 1. The highest BCUT2D eigenvalue weighted by atomic mass is 19.4. The molecule has 0 saturated carbocycles. The minimum Gasteiger partial charge on any atom is -0.405 e. The molecule has 498 valence electrons. The number of halogens is 24. The lowest BCUT2D eigenvalue weighted by Crippen LogP contribution is -2.75. The predicted octanol–water partition coefficient (Wildman–Crippen LogP) is 19.7. The average Bonchev–Trinajstić information content (AvgIpc) is 0.709. The third-order valence-corrected chi connectivity index (χ3v) is 15.2. The highest BCUT2D eigenvalue weighted by molar-refractivity contribution is 7.20. The van der Waals surface area contributed by atoms with Crippen molar-refractivity contribution in [1.82, 2.24) is 0 Å². The monoisotopic (exact) mass is 1340 g/mol. The normalized spacial score (nSPS) is 13.0. The fourth-order valence-electron chi connectivity index (χ4n) is 10.7. The van der Waals surface area contributed by atoms with Gasteiger partial charge in [0.2, 0.25) is 17.8 Å². The Morgan fingerprint density at radius 1 is 0.366 bits per heavy atom. The summed E-state index contributed by atoms with van der Waals surface area (Å²) in [5.41, 5.74) is -27.2. The fourth-order valence-corrected chi connectivity index (χ4v) is 10.7. The lowest BCUT2D eigenvalue weighted by molar-refractivity contribution is -0.661. The molecule has 0 unspecified atom stereocenters. The van der Waals surface area contributed by atoms with E-state index in [2.05, 4.69) is 25.1 Å². The second-order valence-corrected chi connectivity index (χ2v) is 21.8. The molecule has 1 heterocycles. The summed E-state index contributed by atoms with van der Waals surface area (Å²) in [5.74, 6) is 1.50. The maximum Gasteiger partial charge on any atom is 0.416 e. The van der Waals surface area contributed by atoms with Gasteiger partial charge in [0.1, 0.15) is 11.9 Å². The number of hydrogen-bond donors (Lipinski definition) is 0. The average molecular weight is 1340 g/mol. The molecule has 7 aromatic carbocycles. The number of rotatable bonds is 18. The van der Waals surface area contributed by atoms with Crippen molar-refractivity contribution < 1.29 is 119 Å². The summed E-state index contributed by atoms with van der Waals surface area (Å²) in [5, 5.41) is 1.08. The molecule has 28 heteroatoms. The molecule has 0 aliphatic carbocycles. The number of ether oxygens (including phenoxy) is 1. The number of alkyl halides is 24. The molecule has 93 heavy (non-hydrogen) atoms. The van der Waals surface area contributed by atoms with Gasteiger partial charge in [-0.2, -0.15) is 132 Å². The molecule has 0 radical (unpaired) electrons. The lowest BCUT2D eigenvalue weighted by Gasteiger charge is -2.46. The van der Waals surface area contributed by atoms with Gasteiger partial charge >= 0.3 is 55.3 Å². The number of ketones is 1. The first-order valence-corrected chi connectivity index (χ1v) is 28.1. The van der Waals surface area contributed by atoms with Crippen LogP contribution in [0.25, 0.3) is 10.9 Å². The van der Waals surface area contributed by atoms with Crippen molar-refractivity contribution in [2.75, 3.05) is 0 Å². The molecule has 0 N–H and O–H groups in total. The van der Waals surface area contributed by atoms with Gasteiger partial charge in [0, 0.05) is 17.0 Å². The van der Waals surface area contributed by atoms with Crippen molar-refractivity contribution in [3.63, 3.8) is 0 Å². The second kappa shape index (κ2) is 27.8. The topological polar surface area (TPSA) is 30.2 Å². The van der Waals surface area contributed by atoms with Crippen molar-refractivity contribution in [2.45, 2.75) is 121 Å². The van der Waals surface area contributed by atoms with E-state index in [0.29, 0.717) is 11.4 Å². The third-order valence-electron chi connectivity index (χ3n) is 15.2. The van der Waals surface area contributed by atoms with Gasteiger partial charge in [-0.3, -0.25) is 4.79 Å². The zero-order chi connectivity index (χ0) is 68.9. The molecule has 0 saturated heterocycles. The zero-order valence-corrected chi connectivity index (χ0v) is 48.1. The molecule has 1 aromatic heterocycles. The van der Waals surface area contributed by atoms with Crippen LogP contribution in [0.1, 0.15) is 119 Å². The van der Waals surface area contributed by atoms with Crippen LogP contribution < -0.4 is 31.2 Å². The van der Waals surface area contributed by atoms with Crippen LogP contribution in [0.4, 0.5) is 105 Å². The number of benzene rings is 7. The summed E-state index contributed by atoms with van der Waals surface area (Å²) < 4.78 is 349. The Morgan fingerprint density at radius 3 is 1.03 bits per heavy atom. The number of nitrogens with zero attached hydrogens (tertiary/aromatic N) is 1. The van der Waals surface area contributed by atoms with Crippen molar-refractivity contribution in [1.29, 1.82) is 0 Å². The van der Waals surface area contributed by atoms with Crippen LogP contribution in [-0.4, -0.2) is 11.9 Å². The first kappa shape index (κ1) is 72.2. The quantitative estimate of drug-likeness (QED) is 0.0282. The second-order valence-electron chi connectivity index (χ2n) is 21.8. The maximum absolute atomic E-state index is 14.2. The number of carbonyl (C=O) groups is 1. The Bertz CT molecular complexity index is 3440. The van der Waals surface area contributed by atoms with Gasteiger partial charge < -0.3 is 4.74 Å². The molecule has 8 rings (SSSR count). The van der Waals surface area contributed by atoms with Crippen LogP contribution in [0.3, 0.4) is 0 Å². The molecule has 0 aliphatic rings. The van der Waals surface area contributed by atoms with Gasteiger partial charge in [0.15, 0.2) is 0 Å². The molecule has 0 bridgehead atoms. The van der Waals surface area contributed by atoms with E-state index >= 15 is 0 Å². The molecule has 0 fully saturated rings. The number of Topliss-reactive ketones (excluding diaryl/α,β-unsaturated/α-hetero) is 1. The summed E-state index contributed by atoms with van der Waals surface area (Å²) >= 11 is 0. The predicted molar refractivity (Wildman–Crippen MR) is 298 cm³/mol. The summed E-state index contributed by atoms with van der Waals surface area (Å²) in [6, 6.07) is 21.1. The minimum absolute atomic E-state index is 0.0579. The van der Waals surface area contributed by atoms with Crippen LogP contribution in [0.2, 0.25) is 0 Å². The Labute approximate surface area is 514 Å². The van der Waals surface area contributed by atoms with Crippen molar-refractivity contribution in [3.05, 3.63) is 219 Å². The number of carbonyl (C=O) groups excluding carboxylic acids is 1. The number of fused-ring (bicyclic) bond motifs is 1. The van der Waals surface area contributed by atoms with E-state index in [1.54, 1.807) is 0 Å². The van der Waals surface area contributed by atoms with Crippen molar-refractivity contribution >= 4 is 44.7 Å². The van der Waals surface area contributed by atoms with Crippen LogP contribution in [0.15, 0.2) is 164 Å². The molecule has 0 aliphatic heterocycles. The Kier molecular flexibility index (Phi) is 21.6. The SMILES string of the molecule is CCCCCCCCCCc1ccc(Oc2ccc3ccccc3[n+]2CC(=O)c2ccccc2)cc1.FC(F)(F)c1cc([B-](c2cc(C(F)(F)F)cc(C(F)(F)F)c2)(c2cc(C(F)(F)F)cc(C(F)(F)F)c2)c2cc(C(F)(F)F)cc(C(F)(F)F)c2)cc(C(F)(F)F)c1. The van der Waals surface area contributed by atoms with E-state index in [1.165, 1.54) is 56.9 Å². The third kappa shape index (κ3) is 18.1. The molecule has 3 nitrogen and oxygen atoms in total. The van der Waals surface area contributed by atoms with Gasteiger partial charge in [-0.25, -0.2) is 0 Å². The summed E-state index contributed by atoms with van der Waals surface area (Å²) in [4.78, 5) is 13.0. The molecular formula is C65H50BF24NO2. The van der Waals surface area contributed by atoms with Crippen molar-refractivity contribution in [2.24, 2.45) is 0 Å². The number of aromatic nitrogens is 1. The largest absolute Gasteiger partial charge is 0.416 e. The van der Waals surface area contributed by atoms with E-state index < -0.39 is 195 Å². The number of hydrogen-bond acceptors (Lipinski definition) is 2. The standard InChI is InChI=1S/C33H38NO2.C32H12BF24/c1-2-3-4-5-6-7-8-10-15-27-20-23-30(24-21-27)36-33-25-22-28-16-13-14-19-31(28)34(33)26-32(35)29-17-11-9-12-18-29;34-25(35,36)13-1-14(26(37,38)39)6-21(5-13)33(22-7-15(27(40,41)42)2-16(8-22)28(43,44)45,23-9-17(29(46,47)48)3-18(10-23)30(49,50)51)24-11-19(31(52,53)54)4-20(12-24)32(55,56)57/h9,11-14,16-25H,2-8,10,15,26H2,1H3;1-12H/q+1;-1. The molecule has 0 atom stereocenters. The Hall–Kier alpha value is -8.20. The summed E-state index contributed by atoms with van der Waals surface area (Å²) in [6.45, 7) is 2.49.